The van der Waals surface area contributed by atoms with Crippen LogP contribution in [0.15, 0.2) is 48.5 Å². The molecule has 0 atom stereocenters. The molecule has 104 valence electrons. The molecule has 3 N–H and O–H groups in total. The molecule has 2 rings (SSSR count). The number of carbonyl (C=O) groups is 1. The Morgan fingerprint density at radius 3 is 2.40 bits per heavy atom. The third-order valence-corrected chi connectivity index (χ3v) is 3.16. The minimum Gasteiger partial charge on any atom is -0.508 e. The van der Waals surface area contributed by atoms with Crippen LogP contribution in [-0.2, 0) is 11.2 Å². The second-order valence-corrected chi connectivity index (χ2v) is 4.54. The number of phenols is 1. The average molecular weight is 270 g/mol. The van der Waals surface area contributed by atoms with E-state index in [1.165, 1.54) is 0 Å². The molecule has 0 aliphatic carbocycles. The summed E-state index contributed by atoms with van der Waals surface area (Å²) in [6.07, 6.45) is 0.172. The Bertz CT molecular complexity index is 594. The lowest BCUT2D eigenvalue weighted by Gasteiger charge is -2.21. The number of carbonyl (C=O) groups excluding carboxylic acids is 1. The van der Waals surface area contributed by atoms with Crippen LogP contribution in [0.4, 0.5) is 11.4 Å². The van der Waals surface area contributed by atoms with Crippen LogP contribution in [0.3, 0.4) is 0 Å². The molecule has 4 nitrogen and oxygen atoms in total. The number of nitrogens with two attached hydrogens (primary N) is 1. The van der Waals surface area contributed by atoms with Gasteiger partial charge < -0.3 is 15.7 Å². The molecule has 0 aromatic heterocycles. The molecular weight excluding hydrogens is 252 g/mol. The molecule has 1 amide bonds. The van der Waals surface area contributed by atoms with Gasteiger partial charge in [0.05, 0.1) is 6.42 Å². The molecule has 0 radical (unpaired) electrons. The number of amides is 1. The number of rotatable bonds is 4. The van der Waals surface area contributed by atoms with Crippen LogP contribution in [0.1, 0.15) is 12.5 Å². The zero-order valence-corrected chi connectivity index (χ0v) is 11.4. The van der Waals surface area contributed by atoms with Crippen LogP contribution in [-0.4, -0.2) is 17.6 Å². The van der Waals surface area contributed by atoms with Crippen LogP contribution in [0.2, 0.25) is 0 Å². The summed E-state index contributed by atoms with van der Waals surface area (Å²) in [6.45, 7) is 2.48. The molecule has 0 aliphatic heterocycles. The van der Waals surface area contributed by atoms with Gasteiger partial charge in [0, 0.05) is 23.5 Å². The van der Waals surface area contributed by atoms with Crippen molar-refractivity contribution in [1.82, 2.24) is 0 Å². The first-order valence-corrected chi connectivity index (χ1v) is 6.54. The lowest BCUT2D eigenvalue weighted by Crippen LogP contribution is -2.31. The van der Waals surface area contributed by atoms with Gasteiger partial charge in [-0.1, -0.05) is 18.2 Å². The molecule has 0 bridgehead atoms. The maximum absolute atomic E-state index is 12.4. The zero-order chi connectivity index (χ0) is 14.5. The van der Waals surface area contributed by atoms with Crippen molar-refractivity contribution in [2.75, 3.05) is 17.2 Å². The molecule has 0 fully saturated rings. The third-order valence-electron chi connectivity index (χ3n) is 3.16. The molecule has 20 heavy (non-hydrogen) atoms. The third kappa shape index (κ3) is 3.09. The molecule has 2 aromatic rings. The van der Waals surface area contributed by atoms with Crippen molar-refractivity contribution in [2.45, 2.75) is 13.3 Å². The van der Waals surface area contributed by atoms with Gasteiger partial charge in [-0.25, -0.2) is 0 Å². The Morgan fingerprint density at radius 1 is 1.15 bits per heavy atom. The van der Waals surface area contributed by atoms with E-state index < -0.39 is 0 Å². The first-order chi connectivity index (χ1) is 9.61. The lowest BCUT2D eigenvalue weighted by atomic mass is 10.1. The summed E-state index contributed by atoms with van der Waals surface area (Å²) in [7, 11) is 0. The summed E-state index contributed by atoms with van der Waals surface area (Å²) < 4.78 is 0. The topological polar surface area (TPSA) is 66.6 Å². The van der Waals surface area contributed by atoms with Crippen molar-refractivity contribution in [3.63, 3.8) is 0 Å². The normalized spacial score (nSPS) is 10.2. The summed E-state index contributed by atoms with van der Waals surface area (Å²) in [5, 5.41) is 9.73. The smallest absolute Gasteiger partial charge is 0.231 e. The van der Waals surface area contributed by atoms with Crippen LogP contribution in [0.5, 0.6) is 5.75 Å². The minimum absolute atomic E-state index is 0.0567. The van der Waals surface area contributed by atoms with Gasteiger partial charge in [-0.05, 0) is 37.3 Å². The van der Waals surface area contributed by atoms with Crippen molar-refractivity contribution in [3.8, 4) is 5.75 Å². The molecule has 0 aliphatic rings. The summed E-state index contributed by atoms with van der Waals surface area (Å²) in [6, 6.07) is 14.1. The van der Waals surface area contributed by atoms with E-state index in [-0.39, 0.29) is 18.1 Å². The Kier molecular flexibility index (Phi) is 4.25. The summed E-state index contributed by atoms with van der Waals surface area (Å²) >= 11 is 0. The number of anilines is 2. The Morgan fingerprint density at radius 2 is 1.80 bits per heavy atom. The molecule has 0 spiro atoms. The zero-order valence-electron chi connectivity index (χ0n) is 11.4. The van der Waals surface area contributed by atoms with Crippen molar-refractivity contribution in [3.05, 3.63) is 54.1 Å². The van der Waals surface area contributed by atoms with Gasteiger partial charge >= 0.3 is 0 Å². The fourth-order valence-electron chi connectivity index (χ4n) is 2.08. The van der Waals surface area contributed by atoms with Gasteiger partial charge in [0.25, 0.3) is 0 Å². The highest BCUT2D eigenvalue weighted by atomic mass is 16.3. The molecule has 4 heteroatoms. The van der Waals surface area contributed by atoms with Gasteiger partial charge in [-0.3, -0.25) is 4.79 Å². The summed E-state index contributed by atoms with van der Waals surface area (Å²) in [5.74, 6) is 0.0907. The first kappa shape index (κ1) is 13.9. The van der Waals surface area contributed by atoms with Gasteiger partial charge in [0.2, 0.25) is 5.91 Å². The fraction of sp³-hybridized carbons (Fsp3) is 0.188. The summed E-state index contributed by atoms with van der Waals surface area (Å²) in [5.41, 5.74) is 7.75. The van der Waals surface area contributed by atoms with Crippen molar-refractivity contribution < 1.29 is 9.90 Å². The maximum Gasteiger partial charge on any atom is 0.231 e. The highest BCUT2D eigenvalue weighted by Crippen LogP contribution is 2.20. The molecule has 0 saturated heterocycles. The van der Waals surface area contributed by atoms with Crippen LogP contribution >= 0.6 is 0 Å². The van der Waals surface area contributed by atoms with Gasteiger partial charge in [0.15, 0.2) is 0 Å². The Hall–Kier alpha value is -2.49. The number of nitrogens with zero attached hydrogens (tertiary/aromatic N) is 1. The van der Waals surface area contributed by atoms with Crippen LogP contribution in [0.25, 0.3) is 0 Å². The molecule has 0 unspecified atom stereocenters. The largest absolute Gasteiger partial charge is 0.508 e. The minimum atomic E-state index is -0.0567. The van der Waals surface area contributed by atoms with Crippen molar-refractivity contribution in [2.24, 2.45) is 0 Å². The average Bonchev–Trinajstić information content (AvgIpc) is 2.44. The standard InChI is InChI=1S/C16H18N2O2/c1-2-18(14-9-7-13(17)8-10-14)16(20)11-12-5-3-4-6-15(12)19/h3-10,19H,2,11,17H2,1H3. The molecule has 2 aromatic carbocycles. The van der Waals surface area contributed by atoms with E-state index in [4.69, 9.17) is 5.73 Å². The predicted molar refractivity (Wildman–Crippen MR) is 80.7 cm³/mol. The fourth-order valence-corrected chi connectivity index (χ4v) is 2.08. The van der Waals surface area contributed by atoms with E-state index in [2.05, 4.69) is 0 Å². The van der Waals surface area contributed by atoms with Gasteiger partial charge in [-0.15, -0.1) is 0 Å². The molecule has 0 saturated carbocycles. The SMILES string of the molecule is CCN(C(=O)Cc1ccccc1O)c1ccc(N)cc1. The number of hydrogen-bond donors (Lipinski definition) is 2. The number of phenolic OH excluding ortho intramolecular Hbond substituents is 1. The highest BCUT2D eigenvalue weighted by molar-refractivity contribution is 5.95. The van der Waals surface area contributed by atoms with E-state index >= 15 is 0 Å². The molecular formula is C16H18N2O2. The number of benzene rings is 2. The second kappa shape index (κ2) is 6.10. The van der Waals surface area contributed by atoms with E-state index in [1.54, 1.807) is 35.2 Å². The molecule has 0 heterocycles. The van der Waals surface area contributed by atoms with Crippen molar-refractivity contribution >= 4 is 17.3 Å². The summed E-state index contributed by atoms with van der Waals surface area (Å²) in [4.78, 5) is 14.0. The Labute approximate surface area is 118 Å². The monoisotopic (exact) mass is 270 g/mol. The number of hydrogen-bond acceptors (Lipinski definition) is 3. The van der Waals surface area contributed by atoms with Crippen LogP contribution in [0, 0.1) is 0 Å². The van der Waals surface area contributed by atoms with Crippen molar-refractivity contribution in [1.29, 1.82) is 0 Å². The maximum atomic E-state index is 12.4. The van der Waals surface area contributed by atoms with E-state index in [0.717, 1.165) is 5.69 Å². The Balaban J connectivity index is 2.18. The number of aromatic hydroxyl groups is 1. The lowest BCUT2D eigenvalue weighted by molar-refractivity contribution is -0.118. The second-order valence-electron chi connectivity index (χ2n) is 4.54. The number of nitrogen functional groups attached to an aromatic ring is 1. The first-order valence-electron chi connectivity index (χ1n) is 6.54. The van der Waals surface area contributed by atoms with E-state index in [0.29, 0.717) is 17.8 Å². The van der Waals surface area contributed by atoms with E-state index in [9.17, 15) is 9.90 Å². The quantitative estimate of drug-likeness (QED) is 0.839. The van der Waals surface area contributed by atoms with Gasteiger partial charge in [-0.2, -0.15) is 0 Å². The predicted octanol–water partition coefficient (Wildman–Crippen LogP) is 2.57. The van der Waals surface area contributed by atoms with Crippen LogP contribution < -0.4 is 10.6 Å². The number of para-hydroxylation sites is 1. The van der Waals surface area contributed by atoms with Gasteiger partial charge in [0.1, 0.15) is 5.75 Å². The highest BCUT2D eigenvalue weighted by Gasteiger charge is 2.15. The number of likely N-dealkylation sites (N-methyl/N-ethyl adjacent to an activating group) is 1. The van der Waals surface area contributed by atoms with E-state index in [1.807, 2.05) is 25.1 Å².